The number of nitrogens with one attached hydrogen (secondary N) is 1. The molecule has 18 heavy (non-hydrogen) atoms. The quantitative estimate of drug-likeness (QED) is 0.803. The SMILES string of the molecule is CNC(CCOc1c(C)cc(C)cc1C)C(N)=O. The summed E-state index contributed by atoms with van der Waals surface area (Å²) in [4.78, 5) is 11.1. The largest absolute Gasteiger partial charge is 0.493 e. The third kappa shape index (κ3) is 3.74. The lowest BCUT2D eigenvalue weighted by molar-refractivity contribution is -0.120. The summed E-state index contributed by atoms with van der Waals surface area (Å²) in [5.74, 6) is 0.554. The number of primary amides is 1. The highest BCUT2D eigenvalue weighted by Crippen LogP contribution is 2.24. The topological polar surface area (TPSA) is 64.3 Å². The summed E-state index contributed by atoms with van der Waals surface area (Å²) in [5, 5.41) is 2.87. The normalized spacial score (nSPS) is 12.2. The number of rotatable bonds is 6. The van der Waals surface area contributed by atoms with Crippen molar-refractivity contribution in [1.82, 2.24) is 5.32 Å². The molecule has 0 saturated heterocycles. The molecule has 0 radical (unpaired) electrons. The average Bonchev–Trinajstić information content (AvgIpc) is 2.26. The van der Waals surface area contributed by atoms with E-state index in [0.717, 1.165) is 16.9 Å². The highest BCUT2D eigenvalue weighted by Gasteiger charge is 2.13. The van der Waals surface area contributed by atoms with Crippen molar-refractivity contribution >= 4 is 5.91 Å². The number of amides is 1. The summed E-state index contributed by atoms with van der Waals surface area (Å²) in [5.41, 5.74) is 8.71. The van der Waals surface area contributed by atoms with Crippen LogP contribution in [-0.2, 0) is 4.79 Å². The van der Waals surface area contributed by atoms with Gasteiger partial charge in [-0.3, -0.25) is 4.79 Å². The molecule has 1 aromatic rings. The van der Waals surface area contributed by atoms with E-state index in [4.69, 9.17) is 10.5 Å². The van der Waals surface area contributed by atoms with E-state index in [9.17, 15) is 4.79 Å². The molecule has 1 aromatic carbocycles. The van der Waals surface area contributed by atoms with E-state index in [1.165, 1.54) is 5.56 Å². The minimum absolute atomic E-state index is 0.337. The van der Waals surface area contributed by atoms with Gasteiger partial charge in [0.25, 0.3) is 0 Å². The lowest BCUT2D eigenvalue weighted by Crippen LogP contribution is -2.40. The van der Waals surface area contributed by atoms with Gasteiger partial charge in [0.1, 0.15) is 5.75 Å². The van der Waals surface area contributed by atoms with Crippen molar-refractivity contribution in [2.75, 3.05) is 13.7 Å². The van der Waals surface area contributed by atoms with E-state index >= 15 is 0 Å². The molecule has 100 valence electrons. The molecule has 0 fully saturated rings. The zero-order valence-electron chi connectivity index (χ0n) is 11.5. The van der Waals surface area contributed by atoms with Crippen molar-refractivity contribution < 1.29 is 9.53 Å². The molecule has 4 nitrogen and oxygen atoms in total. The number of benzene rings is 1. The van der Waals surface area contributed by atoms with Crippen molar-refractivity contribution in [2.24, 2.45) is 5.73 Å². The van der Waals surface area contributed by atoms with Gasteiger partial charge in [-0.15, -0.1) is 0 Å². The Bertz CT molecular complexity index is 407. The number of hydrogen-bond donors (Lipinski definition) is 2. The number of nitrogens with two attached hydrogens (primary N) is 1. The highest BCUT2D eigenvalue weighted by atomic mass is 16.5. The molecule has 0 bridgehead atoms. The number of aryl methyl sites for hydroxylation is 3. The standard InChI is InChI=1S/C14H22N2O2/c1-9-7-10(2)13(11(3)8-9)18-6-5-12(16-4)14(15)17/h7-8,12,16H,5-6H2,1-4H3,(H2,15,17). The Hall–Kier alpha value is -1.55. The van der Waals surface area contributed by atoms with Gasteiger partial charge in [-0.05, 0) is 38.9 Å². The monoisotopic (exact) mass is 250 g/mol. The summed E-state index contributed by atoms with van der Waals surface area (Å²) >= 11 is 0. The first kappa shape index (κ1) is 14.5. The number of carbonyl (C=O) groups excluding carboxylic acids is 1. The van der Waals surface area contributed by atoms with Crippen LogP contribution < -0.4 is 15.8 Å². The molecule has 4 heteroatoms. The fraction of sp³-hybridized carbons (Fsp3) is 0.500. The van der Waals surface area contributed by atoms with Crippen LogP contribution in [0.2, 0.25) is 0 Å². The number of ether oxygens (including phenoxy) is 1. The first-order valence-electron chi connectivity index (χ1n) is 6.13. The van der Waals surface area contributed by atoms with E-state index in [2.05, 4.69) is 24.4 Å². The Kier molecular flexibility index (Phi) is 5.16. The van der Waals surface area contributed by atoms with Crippen LogP contribution in [-0.4, -0.2) is 25.6 Å². The fourth-order valence-electron chi connectivity index (χ4n) is 2.10. The predicted octanol–water partition coefficient (Wildman–Crippen LogP) is 1.45. The number of likely N-dealkylation sites (N-methyl/N-ethyl adjacent to an activating group) is 1. The Morgan fingerprint density at radius 1 is 1.33 bits per heavy atom. The minimum atomic E-state index is -0.349. The molecule has 0 aliphatic heterocycles. The molecule has 3 N–H and O–H groups in total. The van der Waals surface area contributed by atoms with Crippen LogP contribution in [0.5, 0.6) is 5.75 Å². The van der Waals surface area contributed by atoms with Crippen LogP contribution in [0.15, 0.2) is 12.1 Å². The molecule has 0 spiro atoms. The maximum atomic E-state index is 11.1. The highest BCUT2D eigenvalue weighted by molar-refractivity contribution is 5.79. The van der Waals surface area contributed by atoms with Crippen molar-refractivity contribution in [3.8, 4) is 5.75 Å². The van der Waals surface area contributed by atoms with E-state index in [0.29, 0.717) is 13.0 Å². The van der Waals surface area contributed by atoms with Gasteiger partial charge in [-0.1, -0.05) is 17.7 Å². The molecule has 1 amide bonds. The van der Waals surface area contributed by atoms with E-state index < -0.39 is 0 Å². The molecular formula is C14H22N2O2. The van der Waals surface area contributed by atoms with Crippen LogP contribution in [0.25, 0.3) is 0 Å². The van der Waals surface area contributed by atoms with Crippen LogP contribution in [0.3, 0.4) is 0 Å². The Labute approximate surface area is 109 Å². The first-order valence-corrected chi connectivity index (χ1v) is 6.13. The summed E-state index contributed by atoms with van der Waals surface area (Å²) in [7, 11) is 1.72. The zero-order valence-corrected chi connectivity index (χ0v) is 11.5. The first-order chi connectivity index (χ1) is 8.45. The van der Waals surface area contributed by atoms with Crippen LogP contribution in [0, 0.1) is 20.8 Å². The van der Waals surface area contributed by atoms with Crippen molar-refractivity contribution in [3.63, 3.8) is 0 Å². The van der Waals surface area contributed by atoms with Gasteiger partial charge in [-0.25, -0.2) is 0 Å². The Morgan fingerprint density at radius 3 is 2.33 bits per heavy atom. The van der Waals surface area contributed by atoms with Crippen LogP contribution in [0.4, 0.5) is 0 Å². The van der Waals surface area contributed by atoms with E-state index in [1.807, 2.05) is 13.8 Å². The summed E-state index contributed by atoms with van der Waals surface area (Å²) in [6.45, 7) is 6.59. The van der Waals surface area contributed by atoms with E-state index in [-0.39, 0.29) is 11.9 Å². The molecule has 0 aromatic heterocycles. The van der Waals surface area contributed by atoms with Crippen LogP contribution in [0.1, 0.15) is 23.1 Å². The zero-order chi connectivity index (χ0) is 13.7. The molecular weight excluding hydrogens is 228 g/mol. The fourth-order valence-corrected chi connectivity index (χ4v) is 2.10. The van der Waals surface area contributed by atoms with Gasteiger partial charge in [0, 0.05) is 6.42 Å². The molecule has 0 heterocycles. The van der Waals surface area contributed by atoms with E-state index in [1.54, 1.807) is 7.05 Å². The van der Waals surface area contributed by atoms with Gasteiger partial charge in [0.15, 0.2) is 0 Å². The second kappa shape index (κ2) is 6.40. The van der Waals surface area contributed by atoms with Gasteiger partial charge >= 0.3 is 0 Å². The summed E-state index contributed by atoms with van der Waals surface area (Å²) < 4.78 is 5.76. The Morgan fingerprint density at radius 2 is 1.89 bits per heavy atom. The maximum Gasteiger partial charge on any atom is 0.234 e. The Balaban J connectivity index is 2.62. The smallest absolute Gasteiger partial charge is 0.234 e. The van der Waals surface area contributed by atoms with Crippen molar-refractivity contribution in [2.45, 2.75) is 33.2 Å². The number of hydrogen-bond acceptors (Lipinski definition) is 3. The van der Waals surface area contributed by atoms with Crippen molar-refractivity contribution in [3.05, 3.63) is 28.8 Å². The predicted molar refractivity (Wildman–Crippen MR) is 72.8 cm³/mol. The lowest BCUT2D eigenvalue weighted by Gasteiger charge is -2.16. The third-order valence-corrected chi connectivity index (χ3v) is 2.95. The minimum Gasteiger partial charge on any atom is -0.493 e. The average molecular weight is 250 g/mol. The molecule has 1 rings (SSSR count). The van der Waals surface area contributed by atoms with Gasteiger partial charge in [0.05, 0.1) is 12.6 Å². The molecule has 0 aliphatic carbocycles. The molecule has 0 saturated carbocycles. The second-order valence-corrected chi connectivity index (χ2v) is 4.61. The summed E-state index contributed by atoms with van der Waals surface area (Å²) in [6, 6.07) is 3.84. The number of carbonyl (C=O) groups is 1. The lowest BCUT2D eigenvalue weighted by atomic mass is 10.1. The van der Waals surface area contributed by atoms with Gasteiger partial charge in [0.2, 0.25) is 5.91 Å². The van der Waals surface area contributed by atoms with Crippen LogP contribution >= 0.6 is 0 Å². The molecule has 0 aliphatic rings. The molecule has 1 atom stereocenters. The maximum absolute atomic E-state index is 11.1. The molecule has 1 unspecified atom stereocenters. The van der Waals surface area contributed by atoms with Crippen molar-refractivity contribution in [1.29, 1.82) is 0 Å². The second-order valence-electron chi connectivity index (χ2n) is 4.61. The van der Waals surface area contributed by atoms with Gasteiger partial charge in [-0.2, -0.15) is 0 Å². The van der Waals surface area contributed by atoms with Gasteiger partial charge < -0.3 is 15.8 Å². The third-order valence-electron chi connectivity index (χ3n) is 2.95. The summed E-state index contributed by atoms with van der Waals surface area (Å²) in [6.07, 6.45) is 0.568.